The number of fused-ring (bicyclic) bond motifs is 1. The Labute approximate surface area is 88.5 Å². The third kappa shape index (κ3) is 1.29. The van der Waals surface area contributed by atoms with E-state index in [-0.39, 0.29) is 27.9 Å². The Morgan fingerprint density at radius 2 is 2.25 bits per heavy atom. The number of H-pyrrole nitrogens is 1. The first-order valence-electron chi connectivity index (χ1n) is 4.36. The number of phenolic OH excluding ortho intramolecular Hbond substituents is 1. The summed E-state index contributed by atoms with van der Waals surface area (Å²) in [7, 11) is 0. The number of rotatable bonds is 1. The van der Waals surface area contributed by atoms with Crippen LogP contribution in [0.2, 0.25) is 0 Å². The fourth-order valence-corrected chi connectivity index (χ4v) is 1.59. The lowest BCUT2D eigenvalue weighted by Gasteiger charge is -2.03. The molecule has 0 bridgehead atoms. The van der Waals surface area contributed by atoms with E-state index in [1.165, 1.54) is 13.0 Å². The largest absolute Gasteiger partial charge is 0.506 e. The van der Waals surface area contributed by atoms with Gasteiger partial charge in [-0.05, 0) is 13.0 Å². The minimum atomic E-state index is -0.659. The summed E-state index contributed by atoms with van der Waals surface area (Å²) < 4.78 is 0. The molecule has 0 saturated heterocycles. The number of benzene rings is 1. The summed E-state index contributed by atoms with van der Waals surface area (Å²) in [5.74, 6) is -0.246. The number of nitrogens with one attached hydrogen (secondary N) is 1. The normalized spacial score (nSPS) is 10.6. The van der Waals surface area contributed by atoms with Crippen LogP contribution in [0.3, 0.4) is 0 Å². The van der Waals surface area contributed by atoms with E-state index in [4.69, 9.17) is 0 Å². The maximum atomic E-state index is 11.5. The number of aryl methyl sites for hydroxylation is 1. The van der Waals surface area contributed by atoms with Crippen molar-refractivity contribution in [3.63, 3.8) is 0 Å². The van der Waals surface area contributed by atoms with Crippen molar-refractivity contribution in [2.75, 3.05) is 0 Å². The smallest absolute Gasteiger partial charge is 0.287 e. The van der Waals surface area contributed by atoms with E-state index in [1.807, 2.05) is 0 Å². The van der Waals surface area contributed by atoms with E-state index in [2.05, 4.69) is 9.97 Å². The summed E-state index contributed by atoms with van der Waals surface area (Å²) in [5.41, 5.74) is -0.826. The van der Waals surface area contributed by atoms with Gasteiger partial charge in [0, 0.05) is 5.56 Å². The van der Waals surface area contributed by atoms with Gasteiger partial charge in [0.25, 0.3) is 11.2 Å². The molecule has 0 saturated carbocycles. The van der Waals surface area contributed by atoms with Crippen molar-refractivity contribution in [3.05, 3.63) is 38.4 Å². The zero-order valence-electron chi connectivity index (χ0n) is 8.22. The van der Waals surface area contributed by atoms with Crippen molar-refractivity contribution >= 4 is 16.6 Å². The Kier molecular flexibility index (Phi) is 2.08. The number of nitro benzene ring substituents is 1. The third-order valence-corrected chi connectivity index (χ3v) is 2.24. The molecule has 0 unspecified atom stereocenters. The Balaban J connectivity index is 3.10. The van der Waals surface area contributed by atoms with Crippen molar-refractivity contribution in [1.82, 2.24) is 9.97 Å². The molecule has 1 aromatic heterocycles. The average molecular weight is 221 g/mol. The van der Waals surface area contributed by atoms with Crippen LogP contribution in [0.25, 0.3) is 10.9 Å². The molecule has 0 aliphatic heterocycles. The molecule has 82 valence electrons. The van der Waals surface area contributed by atoms with Gasteiger partial charge in [0.05, 0.1) is 11.3 Å². The van der Waals surface area contributed by atoms with Crippen LogP contribution in [0.4, 0.5) is 5.69 Å². The Morgan fingerprint density at radius 1 is 1.56 bits per heavy atom. The predicted molar refractivity (Wildman–Crippen MR) is 55.4 cm³/mol. The average Bonchev–Trinajstić information content (AvgIpc) is 2.19. The van der Waals surface area contributed by atoms with E-state index in [1.54, 1.807) is 0 Å². The number of aromatic hydroxyl groups is 1. The van der Waals surface area contributed by atoms with Crippen molar-refractivity contribution in [1.29, 1.82) is 0 Å². The molecule has 7 nitrogen and oxygen atoms in total. The summed E-state index contributed by atoms with van der Waals surface area (Å²) in [6, 6.07) is 1.22. The Morgan fingerprint density at radius 3 is 2.88 bits per heavy atom. The highest BCUT2D eigenvalue weighted by atomic mass is 16.6. The summed E-state index contributed by atoms with van der Waals surface area (Å²) in [6.45, 7) is 1.45. The van der Waals surface area contributed by atoms with E-state index in [0.29, 0.717) is 0 Å². The minimum Gasteiger partial charge on any atom is -0.506 e. The van der Waals surface area contributed by atoms with Crippen LogP contribution in [0.15, 0.2) is 17.2 Å². The minimum absolute atomic E-state index is 0.0685. The van der Waals surface area contributed by atoms with Crippen molar-refractivity contribution in [2.45, 2.75) is 6.92 Å². The molecule has 0 radical (unpaired) electrons. The molecular formula is C9H7N3O4. The summed E-state index contributed by atoms with van der Waals surface area (Å²) in [4.78, 5) is 27.6. The molecule has 2 aromatic rings. The first-order chi connectivity index (χ1) is 7.52. The lowest BCUT2D eigenvalue weighted by atomic mass is 10.1. The molecule has 0 aliphatic rings. The standard InChI is InChI=1S/C9H7N3O4/c1-4-2-5(13)7-6(8(4)12(15)16)9(14)11-3-10-7/h2-3,13H,1H3,(H,10,11,14). The molecule has 2 N–H and O–H groups in total. The van der Waals surface area contributed by atoms with Crippen molar-refractivity contribution in [2.24, 2.45) is 0 Å². The van der Waals surface area contributed by atoms with Gasteiger partial charge in [-0.3, -0.25) is 14.9 Å². The van der Waals surface area contributed by atoms with E-state index in [9.17, 15) is 20.0 Å². The van der Waals surface area contributed by atoms with Crippen LogP contribution >= 0.6 is 0 Å². The maximum absolute atomic E-state index is 11.5. The zero-order chi connectivity index (χ0) is 11.9. The Bertz CT molecular complexity index is 647. The van der Waals surface area contributed by atoms with E-state index >= 15 is 0 Å². The van der Waals surface area contributed by atoms with Gasteiger partial charge in [-0.25, -0.2) is 4.98 Å². The number of hydrogen-bond acceptors (Lipinski definition) is 5. The number of phenols is 1. The third-order valence-electron chi connectivity index (χ3n) is 2.24. The molecule has 16 heavy (non-hydrogen) atoms. The molecular weight excluding hydrogens is 214 g/mol. The van der Waals surface area contributed by atoms with Gasteiger partial charge in [-0.15, -0.1) is 0 Å². The number of aromatic nitrogens is 2. The van der Waals surface area contributed by atoms with Gasteiger partial charge in [0.15, 0.2) is 0 Å². The molecule has 0 amide bonds. The molecule has 0 aliphatic carbocycles. The van der Waals surface area contributed by atoms with Crippen LogP contribution < -0.4 is 5.56 Å². The van der Waals surface area contributed by atoms with Gasteiger partial charge in [0.2, 0.25) is 0 Å². The topological polar surface area (TPSA) is 109 Å². The summed E-state index contributed by atoms with van der Waals surface area (Å²) >= 11 is 0. The number of nitrogens with zero attached hydrogens (tertiary/aromatic N) is 2. The summed E-state index contributed by atoms with van der Waals surface area (Å²) in [5, 5.41) is 20.2. The molecule has 2 rings (SSSR count). The van der Waals surface area contributed by atoms with Crippen LogP contribution in [0.5, 0.6) is 5.75 Å². The highest BCUT2D eigenvalue weighted by Crippen LogP contribution is 2.31. The second-order valence-electron chi connectivity index (χ2n) is 3.27. The van der Waals surface area contributed by atoms with Gasteiger partial charge in [0.1, 0.15) is 16.7 Å². The number of nitro groups is 1. The highest BCUT2D eigenvalue weighted by Gasteiger charge is 2.21. The van der Waals surface area contributed by atoms with Crippen molar-refractivity contribution < 1.29 is 10.0 Å². The van der Waals surface area contributed by atoms with Gasteiger partial charge in [-0.1, -0.05) is 0 Å². The lowest BCUT2D eigenvalue weighted by molar-refractivity contribution is -0.383. The summed E-state index contributed by atoms with van der Waals surface area (Å²) in [6.07, 6.45) is 1.09. The quantitative estimate of drug-likeness (QED) is 0.547. The van der Waals surface area contributed by atoms with Gasteiger partial charge in [-0.2, -0.15) is 0 Å². The van der Waals surface area contributed by atoms with Crippen LogP contribution in [0, 0.1) is 17.0 Å². The predicted octanol–water partition coefficient (Wildman–Crippen LogP) is 0.845. The van der Waals surface area contributed by atoms with Crippen LogP contribution in [-0.2, 0) is 0 Å². The zero-order valence-corrected chi connectivity index (χ0v) is 8.22. The SMILES string of the molecule is Cc1cc(O)c2nc[nH]c(=O)c2c1[N+](=O)[O-]. The molecule has 0 fully saturated rings. The highest BCUT2D eigenvalue weighted by molar-refractivity contribution is 5.92. The van der Waals surface area contributed by atoms with E-state index < -0.39 is 10.5 Å². The molecule has 0 spiro atoms. The fourth-order valence-electron chi connectivity index (χ4n) is 1.59. The Hall–Kier alpha value is -2.44. The number of hydrogen-bond donors (Lipinski definition) is 2. The van der Waals surface area contributed by atoms with Crippen LogP contribution in [0.1, 0.15) is 5.56 Å². The van der Waals surface area contributed by atoms with Gasteiger partial charge >= 0.3 is 0 Å². The number of aromatic amines is 1. The fraction of sp³-hybridized carbons (Fsp3) is 0.111. The van der Waals surface area contributed by atoms with E-state index in [0.717, 1.165) is 6.33 Å². The lowest BCUT2D eigenvalue weighted by Crippen LogP contribution is -2.09. The molecule has 7 heteroatoms. The molecule has 1 aromatic carbocycles. The second-order valence-corrected chi connectivity index (χ2v) is 3.27. The second kappa shape index (κ2) is 3.30. The molecule has 0 atom stereocenters. The van der Waals surface area contributed by atoms with Crippen LogP contribution in [-0.4, -0.2) is 20.0 Å². The first kappa shape index (κ1) is 10.1. The monoisotopic (exact) mass is 221 g/mol. The maximum Gasteiger partial charge on any atom is 0.287 e. The van der Waals surface area contributed by atoms with Crippen molar-refractivity contribution in [3.8, 4) is 5.75 Å². The van der Waals surface area contributed by atoms with Gasteiger partial charge < -0.3 is 10.1 Å². The first-order valence-corrected chi connectivity index (χ1v) is 4.36. The molecule has 1 heterocycles.